The molecule has 1 saturated carbocycles. The van der Waals surface area contributed by atoms with Crippen LogP contribution in [-0.4, -0.2) is 78.4 Å². The molecular weight excluding hydrogens is 737 g/mol. The van der Waals surface area contributed by atoms with Gasteiger partial charge < -0.3 is 35.3 Å². The van der Waals surface area contributed by atoms with Gasteiger partial charge in [0.1, 0.15) is 17.4 Å². The Morgan fingerprint density at radius 2 is 1.82 bits per heavy atom. The van der Waals surface area contributed by atoms with Crippen molar-refractivity contribution in [1.82, 2.24) is 30.2 Å². The molecular formula is C41H46N6O6S2. The number of benzene rings is 2. The first-order chi connectivity index (χ1) is 26.7. The van der Waals surface area contributed by atoms with Gasteiger partial charge in [-0.05, 0) is 128 Å². The summed E-state index contributed by atoms with van der Waals surface area (Å²) < 4.78 is 8.04. The van der Waals surface area contributed by atoms with Crippen LogP contribution in [0.3, 0.4) is 0 Å². The van der Waals surface area contributed by atoms with Crippen LogP contribution in [0.2, 0.25) is 0 Å². The Kier molecular flexibility index (Phi) is 10.9. The number of ether oxygens (including phenoxy) is 1. The van der Waals surface area contributed by atoms with Crippen molar-refractivity contribution in [1.29, 1.82) is 0 Å². The van der Waals surface area contributed by atoms with E-state index < -0.39 is 17.7 Å². The fourth-order valence-corrected chi connectivity index (χ4v) is 10.2. The SMILES string of the molecule is CN(CCCn1nnc2cc(CNC[C@H](O)c3ccc(O)c4[nH]c(=O)ccc34)c3c(c21)CCC3)C1CCC(OC(=O)C(O)(c2cccs2)c2cccs2)CC1. The van der Waals surface area contributed by atoms with E-state index in [1.165, 1.54) is 51.5 Å². The van der Waals surface area contributed by atoms with Gasteiger partial charge in [-0.25, -0.2) is 9.48 Å². The van der Waals surface area contributed by atoms with E-state index >= 15 is 0 Å². The van der Waals surface area contributed by atoms with Crippen molar-refractivity contribution in [2.45, 2.75) is 88.3 Å². The van der Waals surface area contributed by atoms with Gasteiger partial charge in [-0.15, -0.1) is 27.8 Å². The number of fused-ring (bicyclic) bond motifs is 4. The van der Waals surface area contributed by atoms with E-state index in [4.69, 9.17) is 4.74 Å². The van der Waals surface area contributed by atoms with Crippen LogP contribution in [0.25, 0.3) is 21.9 Å². The van der Waals surface area contributed by atoms with E-state index in [9.17, 15) is 24.9 Å². The van der Waals surface area contributed by atoms with E-state index in [1.54, 1.807) is 24.3 Å². The Balaban J connectivity index is 0.842. The number of hydrogen-bond donors (Lipinski definition) is 5. The predicted octanol–water partition coefficient (Wildman–Crippen LogP) is 5.53. The number of thiophene rings is 2. The summed E-state index contributed by atoms with van der Waals surface area (Å²) in [5, 5.41) is 49.8. The number of aliphatic hydroxyl groups is 2. The van der Waals surface area contributed by atoms with Crippen LogP contribution in [0, 0.1) is 0 Å². The third-order valence-corrected chi connectivity index (χ3v) is 13.3. The molecule has 8 rings (SSSR count). The molecule has 1 atom stereocenters. The molecule has 0 spiro atoms. The lowest BCUT2D eigenvalue weighted by Crippen LogP contribution is -2.42. The number of hydrogen-bond acceptors (Lipinski definition) is 12. The first-order valence-corrected chi connectivity index (χ1v) is 20.8. The van der Waals surface area contributed by atoms with Gasteiger partial charge in [0.25, 0.3) is 0 Å². The molecule has 1 fully saturated rings. The summed E-state index contributed by atoms with van der Waals surface area (Å²) >= 11 is 2.71. The van der Waals surface area contributed by atoms with Gasteiger partial charge in [0.2, 0.25) is 11.2 Å². The second kappa shape index (κ2) is 16.0. The minimum atomic E-state index is -1.78. The van der Waals surface area contributed by atoms with Crippen LogP contribution < -0.4 is 10.9 Å². The van der Waals surface area contributed by atoms with Crippen LogP contribution >= 0.6 is 22.7 Å². The lowest BCUT2D eigenvalue weighted by Gasteiger charge is -2.35. The number of phenols is 1. The van der Waals surface area contributed by atoms with Crippen molar-refractivity contribution >= 4 is 50.6 Å². The summed E-state index contributed by atoms with van der Waals surface area (Å²) in [7, 11) is 2.17. The number of aromatic nitrogens is 4. The molecule has 4 heterocycles. The molecule has 0 radical (unpaired) electrons. The number of nitrogens with one attached hydrogen (secondary N) is 2. The fourth-order valence-electron chi connectivity index (χ4n) is 8.45. The zero-order valence-electron chi connectivity index (χ0n) is 30.7. The van der Waals surface area contributed by atoms with Gasteiger partial charge in [0.15, 0.2) is 0 Å². The van der Waals surface area contributed by atoms with Crippen molar-refractivity contribution in [3.8, 4) is 5.75 Å². The molecule has 2 aliphatic rings. The molecule has 12 nitrogen and oxygen atoms in total. The van der Waals surface area contributed by atoms with Crippen molar-refractivity contribution < 1.29 is 24.9 Å². The molecule has 55 heavy (non-hydrogen) atoms. The maximum Gasteiger partial charge on any atom is 0.349 e. The number of phenolic OH excluding ortho intramolecular Hbond substituents is 1. The average Bonchev–Trinajstić information content (AvgIpc) is 4.03. The highest BCUT2D eigenvalue weighted by Crippen LogP contribution is 2.38. The van der Waals surface area contributed by atoms with Crippen molar-refractivity contribution in [3.05, 3.63) is 108 Å². The van der Waals surface area contributed by atoms with E-state index in [1.807, 2.05) is 22.9 Å². The molecule has 0 amide bonds. The zero-order valence-corrected chi connectivity index (χ0v) is 32.4. The molecule has 0 aliphatic heterocycles. The Labute approximate surface area is 326 Å². The zero-order chi connectivity index (χ0) is 38.1. The summed E-state index contributed by atoms with van der Waals surface area (Å²) in [6.07, 6.45) is 6.29. The van der Waals surface area contributed by atoms with Crippen LogP contribution in [-0.2, 0) is 41.1 Å². The smallest absolute Gasteiger partial charge is 0.349 e. The number of carbonyl (C=O) groups excluding carboxylic acids is 1. The summed E-state index contributed by atoms with van der Waals surface area (Å²) in [6.45, 7) is 2.55. The quantitative estimate of drug-likeness (QED) is 0.0889. The largest absolute Gasteiger partial charge is 0.506 e. The number of esters is 1. The van der Waals surface area contributed by atoms with Crippen LogP contribution in [0.15, 0.2) is 70.2 Å². The van der Waals surface area contributed by atoms with Gasteiger partial charge in [-0.2, -0.15) is 0 Å². The third-order valence-electron chi connectivity index (χ3n) is 11.4. The number of aliphatic hydroxyl groups excluding tert-OH is 1. The van der Waals surface area contributed by atoms with Gasteiger partial charge in [-0.3, -0.25) is 4.79 Å². The lowest BCUT2D eigenvalue weighted by atomic mass is 9.91. The highest BCUT2D eigenvalue weighted by molar-refractivity contribution is 7.12. The van der Waals surface area contributed by atoms with E-state index in [-0.39, 0.29) is 17.4 Å². The van der Waals surface area contributed by atoms with Crippen molar-refractivity contribution in [2.24, 2.45) is 0 Å². The Morgan fingerprint density at radius 1 is 1.07 bits per heavy atom. The molecule has 2 aromatic carbocycles. The lowest BCUT2D eigenvalue weighted by molar-refractivity contribution is -0.169. The Bertz CT molecular complexity index is 2300. The topological polar surface area (TPSA) is 166 Å². The maximum atomic E-state index is 13.4. The van der Waals surface area contributed by atoms with Gasteiger partial charge >= 0.3 is 5.97 Å². The number of aromatic amines is 1. The van der Waals surface area contributed by atoms with Gasteiger partial charge in [0, 0.05) is 37.1 Å². The highest BCUT2D eigenvalue weighted by Gasteiger charge is 2.45. The third kappa shape index (κ3) is 7.46. The number of rotatable bonds is 14. The van der Waals surface area contributed by atoms with E-state index in [0.29, 0.717) is 45.4 Å². The van der Waals surface area contributed by atoms with Crippen LogP contribution in [0.4, 0.5) is 0 Å². The summed E-state index contributed by atoms with van der Waals surface area (Å²) in [4.78, 5) is 31.5. The molecule has 4 aromatic heterocycles. The van der Waals surface area contributed by atoms with Crippen LogP contribution in [0.5, 0.6) is 5.75 Å². The molecule has 5 N–H and O–H groups in total. The standard InChI is InChI=1S/C41H46N6O6S2/c1-46(26-10-12-27(13-11-26)53-40(51)41(52,35-8-3-20-54-35)36-9-4-21-55-36)18-5-19-47-39-31-7-2-6-28(31)25(22-32(39)44-45-47)23-42-24-34(49)29-14-16-33(48)38-30(29)15-17-37(50)43-38/h3-4,8-9,14-17,20-22,26-27,34,42,48-49,52H,2,5-7,10-13,18-19,23-24H2,1H3,(H,43,50)/t26?,27?,34-/m0/s1. The number of H-pyrrole nitrogens is 1. The number of aryl methyl sites for hydroxylation is 2. The molecule has 14 heteroatoms. The number of pyridine rings is 1. The molecule has 0 saturated heterocycles. The summed E-state index contributed by atoms with van der Waals surface area (Å²) in [6, 6.07) is 16.0. The van der Waals surface area contributed by atoms with Crippen molar-refractivity contribution in [3.63, 3.8) is 0 Å². The molecule has 0 bridgehead atoms. The maximum absolute atomic E-state index is 13.4. The molecule has 2 aliphatic carbocycles. The molecule has 288 valence electrons. The summed E-state index contributed by atoms with van der Waals surface area (Å²) in [5.74, 6) is -0.626. The minimum Gasteiger partial charge on any atom is -0.506 e. The van der Waals surface area contributed by atoms with E-state index in [2.05, 4.69) is 43.3 Å². The monoisotopic (exact) mass is 782 g/mol. The second-order valence-corrected chi connectivity index (χ2v) is 16.7. The summed E-state index contributed by atoms with van der Waals surface area (Å²) in [5.41, 5.74) is 4.70. The predicted molar refractivity (Wildman–Crippen MR) is 213 cm³/mol. The number of aromatic hydroxyl groups is 1. The number of carbonyl (C=O) groups is 1. The van der Waals surface area contributed by atoms with E-state index in [0.717, 1.165) is 75.5 Å². The van der Waals surface area contributed by atoms with Gasteiger partial charge in [0.05, 0.1) is 26.9 Å². The van der Waals surface area contributed by atoms with Crippen molar-refractivity contribution in [2.75, 3.05) is 20.1 Å². The number of nitrogens with zero attached hydrogens (tertiary/aromatic N) is 4. The van der Waals surface area contributed by atoms with Gasteiger partial charge in [-0.1, -0.05) is 23.4 Å². The van der Waals surface area contributed by atoms with Crippen LogP contribution in [0.1, 0.15) is 76.6 Å². The minimum absolute atomic E-state index is 0.0317. The first-order valence-electron chi connectivity index (χ1n) is 19.0. The molecule has 0 unspecified atom stereocenters. The first kappa shape index (κ1) is 37.5. The normalized spacial score (nSPS) is 18.0. The molecule has 6 aromatic rings. The second-order valence-electron chi connectivity index (χ2n) is 14.8. The average molecular weight is 783 g/mol. The highest BCUT2D eigenvalue weighted by atomic mass is 32.1. The fraction of sp³-hybridized carbons (Fsp3) is 0.415. The Hall–Kier alpha value is -4.44. The Morgan fingerprint density at radius 3 is 2.55 bits per heavy atom.